The first-order valence-electron chi connectivity index (χ1n) is 16.5. The Kier molecular flexibility index (Phi) is 11.6. The highest BCUT2D eigenvalue weighted by Gasteiger charge is 2.36. The second-order valence-electron chi connectivity index (χ2n) is 13.2. The average Bonchev–Trinajstić information content (AvgIpc) is 3.09. The smallest absolute Gasteiger partial charge is 0.258 e. The molecule has 0 bridgehead atoms. The summed E-state index contributed by atoms with van der Waals surface area (Å²) in [6, 6.07) is 13.9. The molecule has 2 aliphatic rings. The monoisotopic (exact) mass is 743 g/mol. The van der Waals surface area contributed by atoms with Crippen LogP contribution in [0.5, 0.6) is 0 Å². The minimum Gasteiger partial charge on any atom is -0.258 e. The number of rotatable bonds is 5. The van der Waals surface area contributed by atoms with Crippen LogP contribution in [0, 0.1) is 39.2 Å². The van der Waals surface area contributed by atoms with Gasteiger partial charge in [0.1, 0.15) is 11.6 Å². The Morgan fingerprint density at radius 2 is 0.750 bits per heavy atom. The van der Waals surface area contributed by atoms with Gasteiger partial charge in [-0.2, -0.15) is 30.7 Å². The van der Waals surface area contributed by atoms with Crippen LogP contribution in [-0.2, 0) is 12.4 Å². The lowest BCUT2D eigenvalue weighted by atomic mass is 9.76. The van der Waals surface area contributed by atoms with Crippen molar-refractivity contribution in [1.82, 2.24) is 0 Å². The Morgan fingerprint density at radius 1 is 0.442 bits per heavy atom. The van der Waals surface area contributed by atoms with E-state index in [2.05, 4.69) is 0 Å². The second kappa shape index (κ2) is 15.6. The van der Waals surface area contributed by atoms with Crippen LogP contribution in [0.4, 0.5) is 54.0 Å². The van der Waals surface area contributed by atoms with Gasteiger partial charge in [-0.3, -0.25) is 10.1 Å². The summed E-state index contributed by atoms with van der Waals surface area (Å²) in [4.78, 5) is 9.90. The highest BCUT2D eigenvalue weighted by Crippen LogP contribution is 2.44. The van der Waals surface area contributed by atoms with Crippen molar-refractivity contribution in [3.8, 4) is 0 Å². The molecule has 0 radical (unpaired) electrons. The summed E-state index contributed by atoms with van der Waals surface area (Å²) in [5, 5.41) is 10.7. The predicted molar refractivity (Wildman–Crippen MR) is 170 cm³/mol. The van der Waals surface area contributed by atoms with E-state index in [1.165, 1.54) is 24.3 Å². The molecule has 52 heavy (non-hydrogen) atoms. The molecule has 0 saturated heterocycles. The molecule has 6 rings (SSSR count). The van der Waals surface area contributed by atoms with Gasteiger partial charge in [-0.05, 0) is 140 Å². The topological polar surface area (TPSA) is 43.1 Å². The number of nitro groups is 1. The molecule has 14 heteroatoms. The standard InChI is InChI=1S/C19H16F6.C19H16F5NO2/c20-16-7-5-13(9-15(16)19(23,24)25)11-1-3-12(4-2-11)14-6-8-17(21)18(22)10-14;20-16-7-5-13(9-15(16)19(22,23)24)11-1-3-12(4-2-11)14-6-8-18(25(26)27)17(21)10-14/h5-12H,1-4H2;5-12H,1-4H2. The molecular weight excluding hydrogens is 711 g/mol. The molecule has 0 aromatic heterocycles. The number of nitro benzene ring substituents is 1. The molecule has 2 aliphatic carbocycles. The Balaban J connectivity index is 0.000000202. The normalized spacial score (nSPS) is 20.9. The lowest BCUT2D eigenvalue weighted by Gasteiger charge is -2.29. The maximum atomic E-state index is 13.8. The molecule has 0 aliphatic heterocycles. The van der Waals surface area contributed by atoms with E-state index in [9.17, 15) is 58.4 Å². The van der Waals surface area contributed by atoms with Crippen LogP contribution >= 0.6 is 0 Å². The van der Waals surface area contributed by atoms with Gasteiger partial charge in [0.2, 0.25) is 5.82 Å². The highest BCUT2D eigenvalue weighted by atomic mass is 19.4. The lowest BCUT2D eigenvalue weighted by molar-refractivity contribution is -0.387. The molecule has 4 aromatic rings. The number of alkyl halides is 6. The molecular formula is C38H32F11NO2. The zero-order valence-corrected chi connectivity index (χ0v) is 27.3. The van der Waals surface area contributed by atoms with Gasteiger partial charge >= 0.3 is 18.0 Å². The van der Waals surface area contributed by atoms with Gasteiger partial charge in [0.25, 0.3) is 0 Å². The Hall–Kier alpha value is -4.49. The molecule has 0 N–H and O–H groups in total. The Labute approximate surface area is 291 Å². The highest BCUT2D eigenvalue weighted by molar-refractivity contribution is 5.37. The molecule has 2 saturated carbocycles. The summed E-state index contributed by atoms with van der Waals surface area (Å²) in [5.41, 5.74) is -0.834. The van der Waals surface area contributed by atoms with E-state index in [-0.39, 0.29) is 23.7 Å². The zero-order valence-electron chi connectivity index (χ0n) is 27.3. The molecule has 0 heterocycles. The Morgan fingerprint density at radius 3 is 1.06 bits per heavy atom. The third kappa shape index (κ3) is 9.11. The van der Waals surface area contributed by atoms with Crippen molar-refractivity contribution >= 4 is 5.69 Å². The predicted octanol–water partition coefficient (Wildman–Crippen LogP) is 12.9. The van der Waals surface area contributed by atoms with Gasteiger partial charge in [-0.25, -0.2) is 17.6 Å². The van der Waals surface area contributed by atoms with Crippen molar-refractivity contribution in [2.45, 2.75) is 87.4 Å². The summed E-state index contributed by atoms with van der Waals surface area (Å²) >= 11 is 0. The van der Waals surface area contributed by atoms with Crippen LogP contribution in [0.1, 0.15) is 108 Å². The fraction of sp³-hybridized carbons (Fsp3) is 0.368. The quantitative estimate of drug-likeness (QED) is 0.116. The van der Waals surface area contributed by atoms with Gasteiger partial charge in [0, 0.05) is 6.07 Å². The molecule has 0 amide bonds. The minimum atomic E-state index is -4.74. The summed E-state index contributed by atoms with van der Waals surface area (Å²) in [6.45, 7) is 0. The van der Waals surface area contributed by atoms with Crippen molar-refractivity contribution < 1.29 is 53.2 Å². The fourth-order valence-corrected chi connectivity index (χ4v) is 7.24. The maximum absolute atomic E-state index is 13.8. The third-order valence-electron chi connectivity index (χ3n) is 10.0. The largest absolute Gasteiger partial charge is 0.419 e. The van der Waals surface area contributed by atoms with E-state index < -0.39 is 63.2 Å². The summed E-state index contributed by atoms with van der Waals surface area (Å²) in [5.74, 6) is -5.44. The van der Waals surface area contributed by atoms with Gasteiger partial charge in [0.15, 0.2) is 11.6 Å². The molecule has 2 fully saturated rings. The average molecular weight is 744 g/mol. The van der Waals surface area contributed by atoms with Crippen molar-refractivity contribution in [2.24, 2.45) is 0 Å². The van der Waals surface area contributed by atoms with E-state index in [4.69, 9.17) is 0 Å². The van der Waals surface area contributed by atoms with Crippen molar-refractivity contribution in [3.63, 3.8) is 0 Å². The number of nitrogens with zero attached hydrogens (tertiary/aromatic N) is 1. The van der Waals surface area contributed by atoms with E-state index in [1.54, 1.807) is 6.07 Å². The lowest BCUT2D eigenvalue weighted by Crippen LogP contribution is -2.14. The number of benzene rings is 4. The van der Waals surface area contributed by atoms with Gasteiger partial charge in [-0.1, -0.05) is 24.3 Å². The van der Waals surface area contributed by atoms with E-state index in [0.29, 0.717) is 73.6 Å². The zero-order chi connectivity index (χ0) is 38.0. The molecule has 278 valence electrons. The number of hydrogen-bond donors (Lipinski definition) is 0. The minimum absolute atomic E-state index is 0.0147. The van der Waals surface area contributed by atoms with Crippen LogP contribution in [0.3, 0.4) is 0 Å². The van der Waals surface area contributed by atoms with E-state index in [0.717, 1.165) is 42.5 Å². The van der Waals surface area contributed by atoms with Crippen molar-refractivity contribution in [2.75, 3.05) is 0 Å². The molecule has 0 spiro atoms. The van der Waals surface area contributed by atoms with Crippen LogP contribution in [0.15, 0.2) is 72.8 Å². The first kappa shape index (κ1) is 38.7. The van der Waals surface area contributed by atoms with Gasteiger partial charge in [0.05, 0.1) is 16.1 Å². The third-order valence-corrected chi connectivity index (χ3v) is 10.0. The van der Waals surface area contributed by atoms with Crippen molar-refractivity contribution in [1.29, 1.82) is 0 Å². The fourth-order valence-electron chi connectivity index (χ4n) is 7.24. The first-order chi connectivity index (χ1) is 24.4. The molecule has 3 nitrogen and oxygen atoms in total. The van der Waals surface area contributed by atoms with E-state index >= 15 is 0 Å². The van der Waals surface area contributed by atoms with Gasteiger partial charge in [-0.15, -0.1) is 0 Å². The van der Waals surface area contributed by atoms with Crippen molar-refractivity contribution in [3.05, 3.63) is 145 Å². The summed E-state index contributed by atoms with van der Waals surface area (Å²) < 4.78 is 144. The van der Waals surface area contributed by atoms with Gasteiger partial charge < -0.3 is 0 Å². The van der Waals surface area contributed by atoms with Crippen LogP contribution in [0.25, 0.3) is 0 Å². The molecule has 0 unspecified atom stereocenters. The molecule has 4 aromatic carbocycles. The summed E-state index contributed by atoms with van der Waals surface area (Å²) in [7, 11) is 0. The second-order valence-corrected chi connectivity index (χ2v) is 13.2. The number of hydrogen-bond acceptors (Lipinski definition) is 2. The molecule has 0 atom stereocenters. The SMILES string of the molecule is Fc1ccc(C2CCC(c3ccc(F)c(C(F)(F)F)c3)CC2)cc1F.O=[N+]([O-])c1ccc(C2CCC(c3ccc(F)c(C(F)(F)F)c3)CC2)cc1F. The first-order valence-corrected chi connectivity index (χ1v) is 16.5. The number of halogens is 11. The van der Waals surface area contributed by atoms with Crippen LogP contribution in [-0.4, -0.2) is 4.92 Å². The van der Waals surface area contributed by atoms with Crippen LogP contribution < -0.4 is 0 Å². The Bertz CT molecular complexity index is 1890. The maximum Gasteiger partial charge on any atom is 0.419 e. The van der Waals surface area contributed by atoms with E-state index in [1.807, 2.05) is 0 Å². The summed E-state index contributed by atoms with van der Waals surface area (Å²) in [6.07, 6.45) is -4.53. The van der Waals surface area contributed by atoms with Crippen LogP contribution in [0.2, 0.25) is 0 Å².